The maximum absolute atomic E-state index is 10.3. The fourth-order valence-electron chi connectivity index (χ4n) is 2.65. The molecule has 2 atom stereocenters. The third-order valence-electron chi connectivity index (χ3n) is 3.69. The van der Waals surface area contributed by atoms with Crippen LogP contribution in [-0.2, 0) is 6.42 Å². The zero-order valence-electron chi connectivity index (χ0n) is 10.8. The summed E-state index contributed by atoms with van der Waals surface area (Å²) in [6, 6.07) is 3.79. The Morgan fingerprint density at radius 2 is 1.89 bits per heavy atom. The zero-order valence-corrected chi connectivity index (χ0v) is 10.8. The van der Waals surface area contributed by atoms with Gasteiger partial charge in [-0.1, -0.05) is 0 Å². The predicted octanol–water partition coefficient (Wildman–Crippen LogP) is 1.68. The van der Waals surface area contributed by atoms with Crippen LogP contribution < -0.4 is 9.47 Å². The Labute approximate surface area is 107 Å². The van der Waals surface area contributed by atoms with Gasteiger partial charge in [0.2, 0.25) is 0 Å². The monoisotopic (exact) mass is 252 g/mol. The molecule has 0 bridgehead atoms. The second-order valence-corrected chi connectivity index (χ2v) is 4.66. The van der Waals surface area contributed by atoms with Gasteiger partial charge in [0.25, 0.3) is 0 Å². The van der Waals surface area contributed by atoms with Gasteiger partial charge in [-0.3, -0.25) is 0 Å². The van der Waals surface area contributed by atoms with Crippen LogP contribution in [0, 0.1) is 5.92 Å². The first-order chi connectivity index (χ1) is 8.71. The Balaban J connectivity index is 2.35. The molecule has 18 heavy (non-hydrogen) atoms. The van der Waals surface area contributed by atoms with Gasteiger partial charge in [0.15, 0.2) is 11.5 Å². The van der Waals surface area contributed by atoms with E-state index in [2.05, 4.69) is 0 Å². The highest BCUT2D eigenvalue weighted by atomic mass is 16.5. The Kier molecular flexibility index (Phi) is 4.09. The van der Waals surface area contributed by atoms with Gasteiger partial charge in [0.05, 0.1) is 20.3 Å². The fraction of sp³-hybridized carbons (Fsp3) is 0.571. The van der Waals surface area contributed by atoms with E-state index in [9.17, 15) is 5.11 Å². The van der Waals surface area contributed by atoms with Crippen LogP contribution in [0.1, 0.15) is 30.1 Å². The maximum atomic E-state index is 10.3. The molecule has 0 heterocycles. The van der Waals surface area contributed by atoms with Crippen molar-refractivity contribution in [2.75, 3.05) is 20.8 Å². The van der Waals surface area contributed by atoms with Crippen LogP contribution in [-0.4, -0.2) is 31.0 Å². The van der Waals surface area contributed by atoms with E-state index in [4.69, 9.17) is 14.6 Å². The standard InChI is InChI=1S/C14H20O4/c1-17-12-7-10-4-3-9(5-6-15)14(16)11(10)8-13(12)18-2/h7-9,14-16H,3-6H2,1-2H3. The normalized spacial score (nSPS) is 22.4. The molecule has 0 spiro atoms. The van der Waals surface area contributed by atoms with Crippen molar-refractivity contribution in [3.05, 3.63) is 23.3 Å². The van der Waals surface area contributed by atoms with Crippen molar-refractivity contribution < 1.29 is 19.7 Å². The number of aliphatic hydroxyl groups is 2. The van der Waals surface area contributed by atoms with E-state index in [1.165, 1.54) is 0 Å². The van der Waals surface area contributed by atoms with Gasteiger partial charge >= 0.3 is 0 Å². The summed E-state index contributed by atoms with van der Waals surface area (Å²) in [5.74, 6) is 1.46. The maximum Gasteiger partial charge on any atom is 0.161 e. The molecule has 4 nitrogen and oxygen atoms in total. The summed E-state index contributed by atoms with van der Waals surface area (Å²) in [5.41, 5.74) is 2.01. The number of hydrogen-bond donors (Lipinski definition) is 2. The molecular formula is C14H20O4. The van der Waals surface area contributed by atoms with Crippen LogP contribution in [0.5, 0.6) is 11.5 Å². The van der Waals surface area contributed by atoms with Gasteiger partial charge in [0, 0.05) is 6.61 Å². The first-order valence-corrected chi connectivity index (χ1v) is 6.25. The molecule has 1 aromatic carbocycles. The molecule has 0 saturated heterocycles. The summed E-state index contributed by atoms with van der Waals surface area (Å²) in [7, 11) is 3.20. The lowest BCUT2D eigenvalue weighted by atomic mass is 9.80. The Morgan fingerprint density at radius 1 is 1.22 bits per heavy atom. The van der Waals surface area contributed by atoms with Crippen LogP contribution in [0.4, 0.5) is 0 Å². The SMILES string of the molecule is COc1cc2c(cc1OC)C(O)C(CCO)CC2. The average Bonchev–Trinajstić information content (AvgIpc) is 2.41. The summed E-state index contributed by atoms with van der Waals surface area (Å²) in [6.07, 6.45) is 1.90. The number of rotatable bonds is 4. The highest BCUT2D eigenvalue weighted by Crippen LogP contribution is 2.41. The van der Waals surface area contributed by atoms with E-state index in [-0.39, 0.29) is 12.5 Å². The minimum Gasteiger partial charge on any atom is -0.493 e. The lowest BCUT2D eigenvalue weighted by molar-refractivity contribution is 0.0756. The summed E-state index contributed by atoms with van der Waals surface area (Å²) in [6.45, 7) is 0.115. The van der Waals surface area contributed by atoms with E-state index < -0.39 is 6.10 Å². The molecule has 0 radical (unpaired) electrons. The number of hydrogen-bond acceptors (Lipinski definition) is 4. The quantitative estimate of drug-likeness (QED) is 0.856. The summed E-state index contributed by atoms with van der Waals surface area (Å²) < 4.78 is 10.5. The van der Waals surface area contributed by atoms with E-state index in [0.29, 0.717) is 17.9 Å². The second-order valence-electron chi connectivity index (χ2n) is 4.66. The average molecular weight is 252 g/mol. The van der Waals surface area contributed by atoms with E-state index in [0.717, 1.165) is 24.0 Å². The van der Waals surface area contributed by atoms with E-state index >= 15 is 0 Å². The van der Waals surface area contributed by atoms with Gasteiger partial charge in [-0.15, -0.1) is 0 Å². The number of ether oxygens (including phenoxy) is 2. The van der Waals surface area contributed by atoms with Crippen molar-refractivity contribution in [3.63, 3.8) is 0 Å². The highest BCUT2D eigenvalue weighted by molar-refractivity contribution is 5.49. The lowest BCUT2D eigenvalue weighted by Crippen LogP contribution is -2.21. The van der Waals surface area contributed by atoms with Crippen LogP contribution >= 0.6 is 0 Å². The molecular weight excluding hydrogens is 232 g/mol. The van der Waals surface area contributed by atoms with Crippen molar-refractivity contribution in [2.24, 2.45) is 5.92 Å². The third kappa shape index (κ3) is 2.31. The number of aryl methyl sites for hydroxylation is 1. The van der Waals surface area contributed by atoms with Crippen molar-refractivity contribution in [1.29, 1.82) is 0 Å². The van der Waals surface area contributed by atoms with Crippen LogP contribution in [0.3, 0.4) is 0 Å². The Morgan fingerprint density at radius 3 is 2.50 bits per heavy atom. The minimum absolute atomic E-state index is 0.115. The fourth-order valence-corrected chi connectivity index (χ4v) is 2.65. The Bertz CT molecular complexity index is 417. The molecule has 0 aliphatic heterocycles. The van der Waals surface area contributed by atoms with Crippen molar-refractivity contribution in [1.82, 2.24) is 0 Å². The molecule has 1 aromatic rings. The molecule has 100 valence electrons. The summed E-state index contributed by atoms with van der Waals surface area (Å²) in [4.78, 5) is 0. The first kappa shape index (κ1) is 13.2. The third-order valence-corrected chi connectivity index (χ3v) is 3.69. The number of benzene rings is 1. The number of methoxy groups -OCH3 is 2. The number of fused-ring (bicyclic) bond motifs is 1. The van der Waals surface area contributed by atoms with Crippen LogP contribution in [0.15, 0.2) is 12.1 Å². The smallest absolute Gasteiger partial charge is 0.161 e. The number of aliphatic hydroxyl groups excluding tert-OH is 2. The molecule has 2 N–H and O–H groups in total. The summed E-state index contributed by atoms with van der Waals surface area (Å²) >= 11 is 0. The van der Waals surface area contributed by atoms with Gasteiger partial charge in [-0.2, -0.15) is 0 Å². The molecule has 2 unspecified atom stereocenters. The highest BCUT2D eigenvalue weighted by Gasteiger charge is 2.28. The van der Waals surface area contributed by atoms with Crippen LogP contribution in [0.25, 0.3) is 0 Å². The molecule has 0 amide bonds. The van der Waals surface area contributed by atoms with Gasteiger partial charge in [-0.05, 0) is 48.4 Å². The van der Waals surface area contributed by atoms with Gasteiger partial charge < -0.3 is 19.7 Å². The van der Waals surface area contributed by atoms with Crippen molar-refractivity contribution in [2.45, 2.75) is 25.4 Å². The molecule has 0 aromatic heterocycles. The molecule has 2 rings (SSSR count). The van der Waals surface area contributed by atoms with Gasteiger partial charge in [0.1, 0.15) is 0 Å². The molecule has 1 aliphatic carbocycles. The van der Waals surface area contributed by atoms with Crippen molar-refractivity contribution in [3.8, 4) is 11.5 Å². The topological polar surface area (TPSA) is 58.9 Å². The predicted molar refractivity (Wildman–Crippen MR) is 68.0 cm³/mol. The largest absolute Gasteiger partial charge is 0.493 e. The Hall–Kier alpha value is -1.26. The van der Waals surface area contributed by atoms with E-state index in [1.807, 2.05) is 12.1 Å². The molecule has 4 heteroatoms. The molecule has 0 saturated carbocycles. The zero-order chi connectivity index (χ0) is 13.1. The summed E-state index contributed by atoms with van der Waals surface area (Å²) in [5, 5.41) is 19.3. The molecule has 0 fully saturated rings. The first-order valence-electron chi connectivity index (χ1n) is 6.25. The lowest BCUT2D eigenvalue weighted by Gasteiger charge is -2.30. The van der Waals surface area contributed by atoms with Crippen LogP contribution in [0.2, 0.25) is 0 Å². The molecule has 1 aliphatic rings. The van der Waals surface area contributed by atoms with Gasteiger partial charge in [-0.25, -0.2) is 0 Å². The van der Waals surface area contributed by atoms with E-state index in [1.54, 1.807) is 14.2 Å². The second kappa shape index (κ2) is 5.59. The minimum atomic E-state index is -0.527. The van der Waals surface area contributed by atoms with Crippen molar-refractivity contribution >= 4 is 0 Å².